The number of ether oxygens (including phenoxy) is 1. The predicted molar refractivity (Wildman–Crippen MR) is 167 cm³/mol. The van der Waals surface area contributed by atoms with Crippen LogP contribution in [0.15, 0.2) is 65.3 Å². The normalized spacial score (nSPS) is 16.8. The lowest BCUT2D eigenvalue weighted by Crippen LogP contribution is -2.29. The van der Waals surface area contributed by atoms with Crippen molar-refractivity contribution in [2.45, 2.75) is 93.9 Å². The Morgan fingerprint density at radius 2 is 1.07 bits per heavy atom. The van der Waals surface area contributed by atoms with Crippen LogP contribution >= 0.6 is 0 Å². The third-order valence-electron chi connectivity index (χ3n) is 7.84. The van der Waals surface area contributed by atoms with Gasteiger partial charge in [0, 0.05) is 33.4 Å². The van der Waals surface area contributed by atoms with Gasteiger partial charge in [-0.2, -0.15) is 0 Å². The van der Waals surface area contributed by atoms with Crippen molar-refractivity contribution in [1.82, 2.24) is 0 Å². The average molecular weight is 553 g/mol. The van der Waals surface area contributed by atoms with Gasteiger partial charge in [0.15, 0.2) is 11.6 Å². The molecule has 1 aliphatic carbocycles. The van der Waals surface area contributed by atoms with Crippen molar-refractivity contribution in [3.8, 4) is 5.75 Å². The standard InChI is InChI=1S/C37H44O4/c1-34(2,3)22-19-25-29(21-17-26(35(4,5)6)31(39)27(18-21)36(7,8)9)30(38)23-15-13-14-16-24(23)33(40)41-32(25)28(20-22)37(10,11)12/h13-20H,1-12H3. The summed E-state index contributed by atoms with van der Waals surface area (Å²) < 4.78 is 6.23. The van der Waals surface area contributed by atoms with Gasteiger partial charge in [0.2, 0.25) is 0 Å². The first-order valence-corrected chi connectivity index (χ1v) is 14.4. The van der Waals surface area contributed by atoms with Crippen molar-refractivity contribution in [2.24, 2.45) is 10.8 Å². The smallest absolute Gasteiger partial charge is 0.344 e. The van der Waals surface area contributed by atoms with Gasteiger partial charge in [-0.15, -0.1) is 0 Å². The Morgan fingerprint density at radius 3 is 1.54 bits per heavy atom. The molecule has 0 radical (unpaired) electrons. The molecule has 0 N–H and O–H groups in total. The number of carbonyl (C=O) groups is 3. The number of carbonyl (C=O) groups excluding carboxylic acids is 3. The van der Waals surface area contributed by atoms with Gasteiger partial charge in [0.25, 0.3) is 0 Å². The van der Waals surface area contributed by atoms with E-state index in [9.17, 15) is 14.4 Å². The zero-order valence-corrected chi connectivity index (χ0v) is 26.8. The molecular formula is C37H44O4. The van der Waals surface area contributed by atoms with Gasteiger partial charge in [0.05, 0.1) is 5.56 Å². The fraction of sp³-hybridized carbons (Fsp3) is 0.432. The summed E-state index contributed by atoms with van der Waals surface area (Å²) in [4.78, 5) is 42.1. The molecule has 4 heteroatoms. The molecule has 0 saturated heterocycles. The minimum atomic E-state index is -0.552. The van der Waals surface area contributed by atoms with Crippen LogP contribution in [0, 0.1) is 10.8 Å². The SMILES string of the molecule is CC(C)(C)C1=CC(=C2C(=O)c3ccccc3C(=O)Oc3c2cc(C(C)(C)C)cc3C(C)(C)C)C=C(C(C)(C)C)C1=O. The van der Waals surface area contributed by atoms with Crippen molar-refractivity contribution in [2.75, 3.05) is 0 Å². The molecule has 2 aromatic rings. The summed E-state index contributed by atoms with van der Waals surface area (Å²) in [6.07, 6.45) is 3.75. The third kappa shape index (κ3) is 5.66. The van der Waals surface area contributed by atoms with Crippen LogP contribution in [-0.4, -0.2) is 17.5 Å². The van der Waals surface area contributed by atoms with E-state index in [4.69, 9.17) is 4.74 Å². The lowest BCUT2D eigenvalue weighted by Gasteiger charge is -2.33. The number of hydrogen-bond acceptors (Lipinski definition) is 4. The van der Waals surface area contributed by atoms with Crippen LogP contribution in [0.5, 0.6) is 5.75 Å². The van der Waals surface area contributed by atoms with Gasteiger partial charge < -0.3 is 4.74 Å². The first-order chi connectivity index (χ1) is 18.6. The number of hydrogen-bond donors (Lipinski definition) is 0. The van der Waals surface area contributed by atoms with Crippen molar-refractivity contribution in [1.29, 1.82) is 0 Å². The Kier molecular flexibility index (Phi) is 7.26. The van der Waals surface area contributed by atoms with Gasteiger partial charge in [-0.25, -0.2) is 4.79 Å². The Balaban J connectivity index is 2.28. The van der Waals surface area contributed by atoms with E-state index in [0.29, 0.717) is 33.6 Å². The Labute approximate surface area is 245 Å². The summed E-state index contributed by atoms with van der Waals surface area (Å²) in [7, 11) is 0. The minimum absolute atomic E-state index is 0.00137. The van der Waals surface area contributed by atoms with Gasteiger partial charge in [-0.3, -0.25) is 9.59 Å². The van der Waals surface area contributed by atoms with Crippen LogP contribution in [0.4, 0.5) is 0 Å². The number of fused-ring (bicyclic) bond motifs is 2. The van der Waals surface area contributed by atoms with E-state index in [1.165, 1.54) is 0 Å². The van der Waals surface area contributed by atoms with E-state index in [1.54, 1.807) is 24.3 Å². The second-order valence-electron chi connectivity index (χ2n) is 15.4. The highest BCUT2D eigenvalue weighted by atomic mass is 16.5. The Hall–Kier alpha value is -3.53. The summed E-state index contributed by atoms with van der Waals surface area (Å²) >= 11 is 0. The fourth-order valence-electron chi connectivity index (χ4n) is 5.35. The summed E-state index contributed by atoms with van der Waals surface area (Å²) in [5, 5.41) is 0. The van der Waals surface area contributed by atoms with Gasteiger partial charge in [-0.1, -0.05) is 107 Å². The molecule has 0 atom stereocenters. The maximum Gasteiger partial charge on any atom is 0.344 e. The summed E-state index contributed by atoms with van der Waals surface area (Å²) in [6, 6.07) is 10.9. The first kappa shape index (κ1) is 30.4. The van der Waals surface area contributed by atoms with E-state index < -0.39 is 16.8 Å². The number of Topliss-reactive ketones (excluding diaryl/α,β-unsaturated/α-hetero) is 2. The molecule has 2 aromatic carbocycles. The van der Waals surface area contributed by atoms with Crippen LogP contribution in [0.3, 0.4) is 0 Å². The van der Waals surface area contributed by atoms with Crippen molar-refractivity contribution < 1.29 is 19.1 Å². The largest absolute Gasteiger partial charge is 0.422 e. The van der Waals surface area contributed by atoms with E-state index in [2.05, 4.69) is 47.6 Å². The topological polar surface area (TPSA) is 60.4 Å². The van der Waals surface area contributed by atoms with Gasteiger partial charge in [0.1, 0.15) is 5.75 Å². The second kappa shape index (κ2) is 9.79. The lowest BCUT2D eigenvalue weighted by atomic mass is 9.70. The Morgan fingerprint density at radius 1 is 0.561 bits per heavy atom. The molecule has 2 aliphatic rings. The Bertz CT molecular complexity index is 1530. The maximum absolute atomic E-state index is 14.7. The molecule has 1 heterocycles. The molecule has 0 unspecified atom stereocenters. The molecule has 0 aromatic heterocycles. The van der Waals surface area contributed by atoms with Crippen molar-refractivity contribution in [3.05, 3.63) is 93.1 Å². The number of rotatable bonds is 0. The second-order valence-corrected chi connectivity index (χ2v) is 15.4. The average Bonchev–Trinajstić information content (AvgIpc) is 2.82. The summed E-state index contributed by atoms with van der Waals surface area (Å²) in [5.41, 5.74) is 3.86. The highest BCUT2D eigenvalue weighted by Gasteiger charge is 2.38. The first-order valence-electron chi connectivity index (χ1n) is 14.4. The van der Waals surface area contributed by atoms with E-state index >= 15 is 0 Å². The van der Waals surface area contributed by atoms with E-state index in [1.807, 2.05) is 59.8 Å². The van der Waals surface area contributed by atoms with Crippen LogP contribution in [0.25, 0.3) is 5.57 Å². The van der Waals surface area contributed by atoms with E-state index in [-0.39, 0.29) is 33.5 Å². The van der Waals surface area contributed by atoms with Crippen LogP contribution < -0.4 is 4.74 Å². The lowest BCUT2D eigenvalue weighted by molar-refractivity contribution is -0.114. The third-order valence-corrected chi connectivity index (χ3v) is 7.84. The van der Waals surface area contributed by atoms with Crippen molar-refractivity contribution in [3.63, 3.8) is 0 Å². The molecule has 0 bridgehead atoms. The molecule has 4 nitrogen and oxygen atoms in total. The van der Waals surface area contributed by atoms with Crippen LogP contribution in [0.2, 0.25) is 0 Å². The molecule has 0 spiro atoms. The summed E-state index contributed by atoms with van der Waals surface area (Å²) in [5.74, 6) is -0.417. The van der Waals surface area contributed by atoms with E-state index in [0.717, 1.165) is 11.1 Å². The summed E-state index contributed by atoms with van der Waals surface area (Å²) in [6.45, 7) is 24.8. The highest BCUT2D eigenvalue weighted by Crippen LogP contribution is 2.47. The number of ketones is 2. The molecule has 1 aliphatic heterocycles. The molecule has 0 saturated carbocycles. The highest BCUT2D eigenvalue weighted by molar-refractivity contribution is 6.34. The predicted octanol–water partition coefficient (Wildman–Crippen LogP) is 8.98. The fourth-order valence-corrected chi connectivity index (χ4v) is 5.35. The molecule has 4 rings (SSSR count). The number of esters is 1. The quantitative estimate of drug-likeness (QED) is 0.186. The zero-order chi connectivity index (χ0) is 30.9. The molecule has 0 fully saturated rings. The van der Waals surface area contributed by atoms with Gasteiger partial charge >= 0.3 is 5.97 Å². The minimum Gasteiger partial charge on any atom is -0.422 e. The zero-order valence-electron chi connectivity index (χ0n) is 26.8. The number of allylic oxidation sites excluding steroid dienone is 6. The molecule has 216 valence electrons. The molecule has 0 amide bonds. The molecule has 41 heavy (non-hydrogen) atoms. The van der Waals surface area contributed by atoms with Gasteiger partial charge in [-0.05, 0) is 57.1 Å². The molecular weight excluding hydrogens is 508 g/mol. The monoisotopic (exact) mass is 552 g/mol. The van der Waals surface area contributed by atoms with Crippen molar-refractivity contribution >= 4 is 23.1 Å². The maximum atomic E-state index is 14.7. The van der Waals surface area contributed by atoms with Crippen LogP contribution in [-0.2, 0) is 15.6 Å². The number of benzene rings is 2. The van der Waals surface area contributed by atoms with Crippen LogP contribution in [0.1, 0.15) is 120 Å².